The zero-order chi connectivity index (χ0) is 13.5. The fraction of sp³-hybridized carbons (Fsp3) is 0.667. The van der Waals surface area contributed by atoms with Gasteiger partial charge in [0.2, 0.25) is 0 Å². The molecule has 0 bridgehead atoms. The van der Waals surface area contributed by atoms with Gasteiger partial charge in [0.25, 0.3) is 0 Å². The van der Waals surface area contributed by atoms with E-state index in [2.05, 4.69) is 50.4 Å². The Morgan fingerprint density at radius 2 is 1.84 bits per heavy atom. The van der Waals surface area contributed by atoms with Gasteiger partial charge in [0.15, 0.2) is 0 Å². The molecule has 0 amide bonds. The summed E-state index contributed by atoms with van der Waals surface area (Å²) in [5.74, 6) is 0.892. The van der Waals surface area contributed by atoms with Gasteiger partial charge in [-0.3, -0.25) is 0 Å². The summed E-state index contributed by atoms with van der Waals surface area (Å²) in [6.07, 6.45) is 6.91. The molecule has 19 heavy (non-hydrogen) atoms. The molecule has 0 saturated heterocycles. The van der Waals surface area contributed by atoms with Crippen LogP contribution in [-0.4, -0.2) is 6.04 Å². The lowest BCUT2D eigenvalue weighted by molar-refractivity contribution is 0.226. The van der Waals surface area contributed by atoms with E-state index in [4.69, 9.17) is 0 Å². The van der Waals surface area contributed by atoms with Gasteiger partial charge in [-0.25, -0.2) is 0 Å². The monoisotopic (exact) mass is 257 g/mol. The molecule has 1 nitrogen and oxygen atoms in total. The van der Waals surface area contributed by atoms with E-state index in [1.54, 1.807) is 5.56 Å². The van der Waals surface area contributed by atoms with Crippen molar-refractivity contribution in [3.05, 3.63) is 35.4 Å². The lowest BCUT2D eigenvalue weighted by Crippen LogP contribution is -2.40. The Labute approximate surface area is 117 Å². The van der Waals surface area contributed by atoms with Gasteiger partial charge >= 0.3 is 0 Å². The minimum atomic E-state index is 0.344. The van der Waals surface area contributed by atoms with Crippen molar-refractivity contribution in [3.8, 4) is 0 Å². The van der Waals surface area contributed by atoms with E-state index >= 15 is 0 Å². The minimum Gasteiger partial charge on any atom is -0.307 e. The molecule has 0 heterocycles. The van der Waals surface area contributed by atoms with Gasteiger partial charge in [-0.1, -0.05) is 51.0 Å². The molecule has 3 rings (SSSR count). The molecule has 1 heteroatoms. The first kappa shape index (κ1) is 13.2. The van der Waals surface area contributed by atoms with Gasteiger partial charge in [-0.15, -0.1) is 0 Å². The maximum Gasteiger partial charge on any atom is 0.0379 e. The molecule has 0 radical (unpaired) electrons. The fourth-order valence-electron chi connectivity index (χ4n) is 4.16. The third-order valence-electron chi connectivity index (χ3n) is 5.33. The molecule has 1 N–H and O–H groups in total. The quantitative estimate of drug-likeness (QED) is 0.842. The van der Waals surface area contributed by atoms with E-state index in [1.165, 1.54) is 37.7 Å². The molecular formula is C18H27N. The van der Waals surface area contributed by atoms with Crippen molar-refractivity contribution in [2.75, 3.05) is 0 Å². The van der Waals surface area contributed by atoms with Crippen molar-refractivity contribution in [1.29, 1.82) is 0 Å². The van der Waals surface area contributed by atoms with Crippen LogP contribution < -0.4 is 5.32 Å². The second-order valence-corrected chi connectivity index (χ2v) is 7.30. The smallest absolute Gasteiger partial charge is 0.0379 e. The van der Waals surface area contributed by atoms with E-state index in [9.17, 15) is 0 Å². The number of benzene rings is 1. The van der Waals surface area contributed by atoms with E-state index in [0.717, 1.165) is 5.92 Å². The Morgan fingerprint density at radius 1 is 1.16 bits per heavy atom. The number of fused-ring (bicyclic) bond motifs is 1. The third kappa shape index (κ3) is 2.45. The summed E-state index contributed by atoms with van der Waals surface area (Å²) in [5.41, 5.74) is 3.43. The van der Waals surface area contributed by atoms with Gasteiger partial charge in [0.1, 0.15) is 0 Å². The summed E-state index contributed by atoms with van der Waals surface area (Å²) in [6.45, 7) is 7.21. The summed E-state index contributed by atoms with van der Waals surface area (Å²) in [7, 11) is 0. The molecule has 0 aromatic heterocycles. The van der Waals surface area contributed by atoms with Crippen LogP contribution in [0.4, 0.5) is 0 Å². The van der Waals surface area contributed by atoms with Crippen LogP contribution in [0.3, 0.4) is 0 Å². The predicted octanol–water partition coefficient (Wildman–Crippen LogP) is 4.48. The van der Waals surface area contributed by atoms with Crippen molar-refractivity contribution < 1.29 is 0 Å². The highest BCUT2D eigenvalue weighted by Gasteiger charge is 2.39. The maximum atomic E-state index is 3.97. The fourth-order valence-corrected chi connectivity index (χ4v) is 4.16. The number of rotatable bonds is 3. The summed E-state index contributed by atoms with van der Waals surface area (Å²) in [5, 5.41) is 3.97. The second-order valence-electron chi connectivity index (χ2n) is 7.30. The van der Waals surface area contributed by atoms with Crippen molar-refractivity contribution in [1.82, 2.24) is 5.32 Å². The van der Waals surface area contributed by atoms with Crippen molar-refractivity contribution in [2.24, 2.45) is 11.3 Å². The van der Waals surface area contributed by atoms with Crippen LogP contribution in [0.25, 0.3) is 0 Å². The van der Waals surface area contributed by atoms with Crippen LogP contribution in [0.2, 0.25) is 0 Å². The first-order chi connectivity index (χ1) is 9.08. The molecule has 2 unspecified atom stereocenters. The standard InChI is InChI=1S/C18H27N/c1-13(14-8-4-5-9-14)19-17-16-11-7-6-10-15(16)12-18(17,2)3/h6-7,10-11,13-14,17,19H,4-5,8-9,12H2,1-3H3. The molecule has 1 saturated carbocycles. The Morgan fingerprint density at radius 3 is 2.58 bits per heavy atom. The molecule has 1 fully saturated rings. The van der Waals surface area contributed by atoms with Crippen LogP contribution in [0.1, 0.15) is 63.6 Å². The maximum absolute atomic E-state index is 3.97. The van der Waals surface area contributed by atoms with Gasteiger partial charge in [-0.2, -0.15) is 0 Å². The highest BCUT2D eigenvalue weighted by atomic mass is 15.0. The molecule has 104 valence electrons. The van der Waals surface area contributed by atoms with Crippen LogP contribution in [-0.2, 0) is 6.42 Å². The summed E-state index contributed by atoms with van der Waals surface area (Å²) in [6, 6.07) is 10.2. The highest BCUT2D eigenvalue weighted by molar-refractivity contribution is 5.37. The third-order valence-corrected chi connectivity index (χ3v) is 5.33. The zero-order valence-electron chi connectivity index (χ0n) is 12.6. The number of hydrogen-bond acceptors (Lipinski definition) is 1. The van der Waals surface area contributed by atoms with E-state index < -0.39 is 0 Å². The second kappa shape index (κ2) is 4.94. The molecule has 1 aromatic carbocycles. The molecule has 2 aliphatic carbocycles. The topological polar surface area (TPSA) is 12.0 Å². The number of nitrogens with one attached hydrogen (secondary N) is 1. The van der Waals surface area contributed by atoms with Gasteiger partial charge in [0, 0.05) is 12.1 Å². The Hall–Kier alpha value is -0.820. The molecule has 2 atom stereocenters. The van der Waals surface area contributed by atoms with Gasteiger partial charge in [-0.05, 0) is 48.6 Å². The summed E-state index contributed by atoms with van der Waals surface area (Å²) in [4.78, 5) is 0. The summed E-state index contributed by atoms with van der Waals surface area (Å²) < 4.78 is 0. The van der Waals surface area contributed by atoms with E-state index in [1.807, 2.05) is 0 Å². The van der Waals surface area contributed by atoms with E-state index in [-0.39, 0.29) is 0 Å². The molecule has 1 aromatic rings. The van der Waals surface area contributed by atoms with Crippen LogP contribution >= 0.6 is 0 Å². The Bertz CT molecular complexity index is 443. The normalized spacial score (nSPS) is 27.4. The van der Waals surface area contributed by atoms with Gasteiger partial charge < -0.3 is 5.32 Å². The first-order valence-corrected chi connectivity index (χ1v) is 7.92. The predicted molar refractivity (Wildman–Crippen MR) is 81.2 cm³/mol. The average Bonchev–Trinajstić information content (AvgIpc) is 2.96. The van der Waals surface area contributed by atoms with Crippen molar-refractivity contribution >= 4 is 0 Å². The summed E-state index contributed by atoms with van der Waals surface area (Å²) >= 11 is 0. The molecular weight excluding hydrogens is 230 g/mol. The zero-order valence-corrected chi connectivity index (χ0v) is 12.6. The molecule has 0 spiro atoms. The van der Waals surface area contributed by atoms with E-state index in [0.29, 0.717) is 17.5 Å². The average molecular weight is 257 g/mol. The van der Waals surface area contributed by atoms with Crippen molar-refractivity contribution in [2.45, 2.75) is 65.0 Å². The molecule has 0 aliphatic heterocycles. The lowest BCUT2D eigenvalue weighted by Gasteiger charge is -2.33. The highest BCUT2D eigenvalue weighted by Crippen LogP contribution is 2.45. The number of hydrogen-bond donors (Lipinski definition) is 1. The van der Waals surface area contributed by atoms with Crippen molar-refractivity contribution in [3.63, 3.8) is 0 Å². The minimum absolute atomic E-state index is 0.344. The lowest BCUT2D eigenvalue weighted by atomic mass is 9.84. The largest absolute Gasteiger partial charge is 0.307 e. The molecule has 2 aliphatic rings. The van der Waals surface area contributed by atoms with Gasteiger partial charge in [0.05, 0.1) is 0 Å². The Kier molecular flexibility index (Phi) is 3.42. The van der Waals surface area contributed by atoms with Crippen LogP contribution in [0.15, 0.2) is 24.3 Å². The Balaban J connectivity index is 1.78. The SMILES string of the molecule is CC(NC1c2ccccc2CC1(C)C)C1CCCC1. The first-order valence-electron chi connectivity index (χ1n) is 7.92. The van der Waals surface area contributed by atoms with Crippen LogP contribution in [0, 0.1) is 11.3 Å². The van der Waals surface area contributed by atoms with Crippen LogP contribution in [0.5, 0.6) is 0 Å².